The molecule has 0 aliphatic heterocycles. The molecule has 0 aliphatic carbocycles. The Balaban J connectivity index is 0. The molecule has 0 spiro atoms. The van der Waals surface area contributed by atoms with Crippen molar-refractivity contribution in [3.8, 4) is 0 Å². The van der Waals surface area contributed by atoms with Gasteiger partial charge in [-0.05, 0) is 19.3 Å². The predicted molar refractivity (Wildman–Crippen MR) is 44.1 cm³/mol. The molecule has 0 N–H and O–H groups in total. The van der Waals surface area contributed by atoms with Crippen molar-refractivity contribution in [1.82, 2.24) is 4.90 Å². The summed E-state index contributed by atoms with van der Waals surface area (Å²) in [7, 11) is 1.94. The Hall–Kier alpha value is -0.720. The number of allylic oxidation sites excluding steroid dienone is 1. The molecule has 0 saturated carbocycles. The Kier molecular flexibility index (Phi) is 12.7. The summed E-state index contributed by atoms with van der Waals surface area (Å²) in [6, 6.07) is 0. The van der Waals surface area contributed by atoms with Gasteiger partial charge in [0.2, 0.25) is 0 Å². The third-order valence-electron chi connectivity index (χ3n) is 0.672. The first-order valence-electron chi connectivity index (χ1n) is 3.28. The fourth-order valence-electron chi connectivity index (χ4n) is 0.296. The number of hydrogen-bond donors (Lipinski definition) is 0. The van der Waals surface area contributed by atoms with Gasteiger partial charge in [-0.1, -0.05) is 26.5 Å². The molecule has 0 rings (SSSR count). The number of hydrogen-bond acceptors (Lipinski definition) is 1. The topological polar surface area (TPSA) is 3.24 Å². The average Bonchev–Trinajstić information content (AvgIpc) is 1.93. The maximum atomic E-state index is 3.55. The Morgan fingerprint density at radius 3 is 1.89 bits per heavy atom. The highest BCUT2D eigenvalue weighted by Crippen LogP contribution is 1.80. The summed E-state index contributed by atoms with van der Waals surface area (Å²) in [6.07, 6.45) is 5.65. The lowest BCUT2D eigenvalue weighted by Gasteiger charge is -2.02. The van der Waals surface area contributed by atoms with Crippen molar-refractivity contribution in [2.45, 2.75) is 20.8 Å². The van der Waals surface area contributed by atoms with Crippen molar-refractivity contribution < 1.29 is 0 Å². The van der Waals surface area contributed by atoms with Gasteiger partial charge in [-0.25, -0.2) is 0 Å². The zero-order valence-corrected chi connectivity index (χ0v) is 6.89. The quantitative estimate of drug-likeness (QED) is 0.551. The van der Waals surface area contributed by atoms with E-state index < -0.39 is 0 Å². The van der Waals surface area contributed by atoms with Crippen LogP contribution in [0.5, 0.6) is 0 Å². The molecule has 0 atom stereocenters. The van der Waals surface area contributed by atoms with Gasteiger partial charge in [0.15, 0.2) is 0 Å². The fourth-order valence-corrected chi connectivity index (χ4v) is 0.296. The van der Waals surface area contributed by atoms with Crippen LogP contribution < -0.4 is 0 Å². The van der Waals surface area contributed by atoms with Crippen molar-refractivity contribution >= 4 is 0 Å². The van der Waals surface area contributed by atoms with Crippen LogP contribution in [0.3, 0.4) is 0 Å². The monoisotopic (exact) mass is 127 g/mol. The van der Waals surface area contributed by atoms with Gasteiger partial charge in [0.25, 0.3) is 0 Å². The first-order valence-corrected chi connectivity index (χ1v) is 3.28. The van der Waals surface area contributed by atoms with Gasteiger partial charge in [0.1, 0.15) is 0 Å². The molecule has 0 amide bonds. The largest absolute Gasteiger partial charge is 0.358 e. The summed E-state index contributed by atoms with van der Waals surface area (Å²) >= 11 is 0. The van der Waals surface area contributed by atoms with E-state index in [-0.39, 0.29) is 0 Å². The molecule has 0 aromatic heterocycles. The minimum Gasteiger partial charge on any atom is -0.358 e. The summed E-state index contributed by atoms with van der Waals surface area (Å²) in [5, 5.41) is 0. The van der Waals surface area contributed by atoms with E-state index in [0.29, 0.717) is 0 Å². The normalized spacial score (nSPS) is 8.00. The molecule has 0 heterocycles. The van der Waals surface area contributed by atoms with E-state index in [2.05, 4.69) is 6.58 Å². The fraction of sp³-hybridized carbons (Fsp3) is 0.500. The molecule has 1 nitrogen and oxygen atoms in total. The van der Waals surface area contributed by atoms with Crippen molar-refractivity contribution in [2.75, 3.05) is 7.05 Å². The van der Waals surface area contributed by atoms with Crippen LogP contribution in [0.25, 0.3) is 0 Å². The van der Waals surface area contributed by atoms with Crippen LogP contribution in [0.2, 0.25) is 0 Å². The van der Waals surface area contributed by atoms with E-state index in [4.69, 9.17) is 0 Å². The highest BCUT2D eigenvalue weighted by atomic mass is 15.0. The maximum absolute atomic E-state index is 3.55. The van der Waals surface area contributed by atoms with Crippen LogP contribution in [-0.4, -0.2) is 11.9 Å². The molecule has 1 heteroatoms. The van der Waals surface area contributed by atoms with Crippen molar-refractivity contribution in [3.05, 3.63) is 25.1 Å². The van der Waals surface area contributed by atoms with Crippen LogP contribution >= 0.6 is 0 Å². The van der Waals surface area contributed by atoms with Gasteiger partial charge < -0.3 is 4.90 Å². The Labute approximate surface area is 58.7 Å². The minimum atomic E-state index is 1.75. The summed E-state index contributed by atoms with van der Waals surface area (Å²) in [5.41, 5.74) is 0. The molecule has 0 aliphatic rings. The lowest BCUT2D eigenvalue weighted by atomic mass is 10.6. The van der Waals surface area contributed by atoms with Crippen LogP contribution in [0.15, 0.2) is 25.1 Å². The van der Waals surface area contributed by atoms with Gasteiger partial charge in [-0.15, -0.1) is 0 Å². The Morgan fingerprint density at radius 1 is 1.33 bits per heavy atom. The Bertz CT molecular complexity index is 74.6. The van der Waals surface area contributed by atoms with E-state index in [1.54, 1.807) is 6.20 Å². The van der Waals surface area contributed by atoms with Crippen LogP contribution in [0.1, 0.15) is 20.8 Å². The molecular weight excluding hydrogens is 110 g/mol. The molecule has 54 valence electrons. The molecule has 0 aromatic rings. The third-order valence-corrected chi connectivity index (χ3v) is 0.672. The first-order chi connectivity index (χ1) is 4.31. The van der Waals surface area contributed by atoms with Crippen molar-refractivity contribution in [3.63, 3.8) is 0 Å². The standard InChI is InChI=1S/C6H11N.C2H6/c1-4-6-7(3)5-2;1-2/h4-6H,2H2,1,3H3;1-2H3/b6-4+;. The molecule has 0 fully saturated rings. The van der Waals surface area contributed by atoms with Gasteiger partial charge in [0, 0.05) is 7.05 Å². The van der Waals surface area contributed by atoms with E-state index in [0.717, 1.165) is 0 Å². The molecular formula is C8H17N. The molecule has 0 radical (unpaired) electrons. The van der Waals surface area contributed by atoms with Crippen molar-refractivity contribution in [1.29, 1.82) is 0 Å². The summed E-state index contributed by atoms with van der Waals surface area (Å²) in [4.78, 5) is 1.89. The van der Waals surface area contributed by atoms with E-state index in [9.17, 15) is 0 Å². The van der Waals surface area contributed by atoms with Crippen LogP contribution in [-0.2, 0) is 0 Å². The van der Waals surface area contributed by atoms with Crippen LogP contribution in [0.4, 0.5) is 0 Å². The molecule has 0 saturated heterocycles. The molecule has 9 heavy (non-hydrogen) atoms. The van der Waals surface area contributed by atoms with Crippen LogP contribution in [0, 0.1) is 0 Å². The minimum absolute atomic E-state index is 1.75. The second kappa shape index (κ2) is 10.3. The van der Waals surface area contributed by atoms with E-state index in [1.165, 1.54) is 0 Å². The average molecular weight is 127 g/mol. The second-order valence-corrected chi connectivity index (χ2v) is 1.33. The van der Waals surface area contributed by atoms with E-state index in [1.807, 2.05) is 45.0 Å². The smallest absolute Gasteiger partial charge is 0.0106 e. The van der Waals surface area contributed by atoms with Gasteiger partial charge in [-0.2, -0.15) is 0 Å². The van der Waals surface area contributed by atoms with E-state index >= 15 is 0 Å². The first kappa shape index (κ1) is 11.1. The molecule has 0 unspecified atom stereocenters. The number of rotatable bonds is 2. The highest BCUT2D eigenvalue weighted by molar-refractivity contribution is 4.81. The predicted octanol–water partition coefficient (Wildman–Crippen LogP) is 2.62. The third kappa shape index (κ3) is 11.1. The highest BCUT2D eigenvalue weighted by Gasteiger charge is 1.71. The SMILES string of the molecule is C=CN(C)/C=C/C.CC. The Morgan fingerprint density at radius 2 is 1.78 bits per heavy atom. The summed E-state index contributed by atoms with van der Waals surface area (Å²) in [6.45, 7) is 9.53. The maximum Gasteiger partial charge on any atom is 0.0106 e. The molecule has 0 bridgehead atoms. The summed E-state index contributed by atoms with van der Waals surface area (Å²) < 4.78 is 0. The zero-order chi connectivity index (χ0) is 7.70. The molecule has 0 aromatic carbocycles. The van der Waals surface area contributed by atoms with Gasteiger partial charge >= 0.3 is 0 Å². The van der Waals surface area contributed by atoms with Gasteiger partial charge in [0.05, 0.1) is 0 Å². The van der Waals surface area contributed by atoms with Gasteiger partial charge in [-0.3, -0.25) is 0 Å². The number of nitrogens with zero attached hydrogens (tertiary/aromatic N) is 1. The van der Waals surface area contributed by atoms with Crippen molar-refractivity contribution in [2.24, 2.45) is 0 Å². The lowest BCUT2D eigenvalue weighted by Crippen LogP contribution is -1.97. The lowest BCUT2D eigenvalue weighted by molar-refractivity contribution is 0.627. The second-order valence-electron chi connectivity index (χ2n) is 1.33. The zero-order valence-electron chi connectivity index (χ0n) is 6.89. The summed E-state index contributed by atoms with van der Waals surface area (Å²) in [5.74, 6) is 0.